The Balaban J connectivity index is 0.00000400. The van der Waals surface area contributed by atoms with Gasteiger partial charge in [0.25, 0.3) is 0 Å². The quantitative estimate of drug-likeness (QED) is 0.241. The molecule has 0 saturated carbocycles. The third kappa shape index (κ3) is 7.06. The molecule has 4 aromatic rings. The number of hydrogen-bond donors (Lipinski definition) is 3. The van der Waals surface area contributed by atoms with E-state index >= 15 is 0 Å². The molecule has 0 aliphatic carbocycles. The van der Waals surface area contributed by atoms with Gasteiger partial charge in [-0.25, -0.2) is 4.79 Å². The number of anilines is 1. The van der Waals surface area contributed by atoms with Crippen LogP contribution in [-0.2, 0) is 13.1 Å². The molecule has 0 bridgehead atoms. The predicted molar refractivity (Wildman–Crippen MR) is 140 cm³/mol. The molecule has 38 heavy (non-hydrogen) atoms. The molecule has 1 atom stereocenters. The molecule has 0 saturated heterocycles. The van der Waals surface area contributed by atoms with Crippen LogP contribution in [0.1, 0.15) is 27.8 Å². The number of aryl methyl sites for hydroxylation is 2. The minimum absolute atomic E-state index is 0. The molecular formula is C28H30N3NaO6. The van der Waals surface area contributed by atoms with E-state index in [1.54, 1.807) is 0 Å². The van der Waals surface area contributed by atoms with Crippen LogP contribution in [0.15, 0.2) is 68.7 Å². The van der Waals surface area contributed by atoms with E-state index in [1.807, 2.05) is 56.3 Å². The smallest absolute Gasteiger partial charge is 0.491 e. The Morgan fingerprint density at radius 3 is 2.34 bits per heavy atom. The van der Waals surface area contributed by atoms with Gasteiger partial charge in [-0.05, 0) is 84.0 Å². The molecule has 0 aliphatic rings. The zero-order chi connectivity index (χ0) is 26.5. The van der Waals surface area contributed by atoms with Gasteiger partial charge < -0.3 is 29.8 Å². The Morgan fingerprint density at radius 2 is 1.74 bits per heavy atom. The Bertz CT molecular complexity index is 1470. The van der Waals surface area contributed by atoms with Crippen LogP contribution < -0.4 is 56.0 Å². The third-order valence-electron chi connectivity index (χ3n) is 6.23. The summed E-state index contributed by atoms with van der Waals surface area (Å²) in [5.74, 6) is -0.236. The molecule has 1 heterocycles. The summed E-state index contributed by atoms with van der Waals surface area (Å²) in [4.78, 5) is 25.9. The van der Waals surface area contributed by atoms with Crippen LogP contribution in [0.25, 0.3) is 11.1 Å². The summed E-state index contributed by atoms with van der Waals surface area (Å²) in [5.41, 5.74) is 7.76. The summed E-state index contributed by atoms with van der Waals surface area (Å²) in [6.07, 6.45) is -0.909. The standard InChI is InChI=1S/C28H31N3O6.Na/c1-17-11-24(36-16-23(33)15-32)12-18(2)26(17)25-6-4-5-21(19(25)3)13-29-22-9-7-20(8-10-22)14-31-27(34)30-28(35)37-31;/h4-12,23,29,32-33H,13-16H2,1-3H3,(H,30,34,35);/q;+1/p-1/t23-;/m1./s1. The van der Waals surface area contributed by atoms with Gasteiger partial charge >= 0.3 is 35.3 Å². The van der Waals surface area contributed by atoms with Crippen LogP contribution in [-0.4, -0.2) is 34.3 Å². The average molecular weight is 528 g/mol. The summed E-state index contributed by atoms with van der Waals surface area (Å²) in [5, 5.41) is 22.0. The molecule has 3 aromatic carbocycles. The maximum Gasteiger partial charge on any atom is 1.00 e. The van der Waals surface area contributed by atoms with Gasteiger partial charge in [-0.3, -0.25) is 9.53 Å². The molecule has 10 heteroatoms. The van der Waals surface area contributed by atoms with Crippen LogP contribution in [0.3, 0.4) is 0 Å². The normalized spacial score (nSPS) is 11.6. The van der Waals surface area contributed by atoms with Gasteiger partial charge in [-0.2, -0.15) is 0 Å². The van der Waals surface area contributed by atoms with Gasteiger partial charge in [0.15, 0.2) is 5.69 Å². The van der Waals surface area contributed by atoms with E-state index in [0.29, 0.717) is 12.3 Å². The topological polar surface area (TPSA) is 128 Å². The minimum Gasteiger partial charge on any atom is -0.491 e. The van der Waals surface area contributed by atoms with Crippen molar-refractivity contribution in [3.8, 4) is 16.9 Å². The summed E-state index contributed by atoms with van der Waals surface area (Å²) < 4.78 is 11.3. The number of nitrogens with one attached hydrogen (secondary N) is 1. The molecule has 0 aliphatic heterocycles. The van der Waals surface area contributed by atoms with Crippen molar-refractivity contribution >= 4 is 5.69 Å². The van der Waals surface area contributed by atoms with Gasteiger partial charge in [0.2, 0.25) is 0 Å². The number of ether oxygens (including phenoxy) is 1. The van der Waals surface area contributed by atoms with Crippen molar-refractivity contribution in [2.75, 3.05) is 18.5 Å². The second kappa shape index (κ2) is 13.1. The molecule has 9 nitrogen and oxygen atoms in total. The first kappa shape index (κ1) is 29.5. The molecule has 0 unspecified atom stereocenters. The molecule has 194 valence electrons. The fourth-order valence-corrected chi connectivity index (χ4v) is 4.30. The maximum atomic E-state index is 11.6. The van der Waals surface area contributed by atoms with E-state index in [4.69, 9.17) is 14.4 Å². The molecule has 0 amide bonds. The number of nitrogens with zero attached hydrogens (tertiary/aromatic N) is 2. The van der Waals surface area contributed by atoms with E-state index in [1.165, 1.54) is 5.56 Å². The van der Waals surface area contributed by atoms with Crippen LogP contribution in [0.5, 0.6) is 5.75 Å². The van der Waals surface area contributed by atoms with Gasteiger partial charge in [0.1, 0.15) is 18.5 Å². The van der Waals surface area contributed by atoms with Crippen LogP contribution in [0, 0.1) is 20.8 Å². The van der Waals surface area contributed by atoms with E-state index in [-0.39, 0.29) is 49.3 Å². The fourth-order valence-electron chi connectivity index (χ4n) is 4.30. The second-order valence-electron chi connectivity index (χ2n) is 9.01. The van der Waals surface area contributed by atoms with Gasteiger partial charge in [0.05, 0.1) is 6.61 Å². The number of aromatic nitrogens is 2. The average Bonchev–Trinajstić information content (AvgIpc) is 3.19. The van der Waals surface area contributed by atoms with Crippen molar-refractivity contribution in [2.24, 2.45) is 0 Å². The van der Waals surface area contributed by atoms with E-state index in [9.17, 15) is 14.7 Å². The number of aliphatic hydroxyl groups excluding tert-OH is 2. The number of benzene rings is 3. The molecule has 0 spiro atoms. The largest absolute Gasteiger partial charge is 1.00 e. The van der Waals surface area contributed by atoms with E-state index in [0.717, 1.165) is 43.8 Å². The van der Waals surface area contributed by atoms with Crippen molar-refractivity contribution < 1.29 is 49.0 Å². The Morgan fingerprint density at radius 1 is 1.05 bits per heavy atom. The Labute approximate surface area is 242 Å². The fraction of sp³-hybridized carbons (Fsp3) is 0.286. The number of rotatable bonds is 10. The Kier molecular flexibility index (Phi) is 10.2. The Hall–Kier alpha value is -3.08. The molecular weight excluding hydrogens is 497 g/mol. The number of aliphatic hydroxyl groups is 2. The van der Waals surface area contributed by atoms with E-state index < -0.39 is 17.5 Å². The van der Waals surface area contributed by atoms with Gasteiger partial charge in [-0.1, -0.05) is 30.3 Å². The minimum atomic E-state index is -0.909. The van der Waals surface area contributed by atoms with E-state index in [2.05, 4.69) is 29.4 Å². The zero-order valence-electron chi connectivity index (χ0n) is 22.0. The summed E-state index contributed by atoms with van der Waals surface area (Å²) in [6.45, 7) is 6.64. The van der Waals surface area contributed by atoms with Gasteiger partial charge in [-0.15, -0.1) is 0 Å². The molecule has 4 rings (SSSR count). The van der Waals surface area contributed by atoms with Gasteiger partial charge in [0, 0.05) is 18.8 Å². The molecule has 3 N–H and O–H groups in total. The SMILES string of the molecule is Cc1cc(OC[C@H](O)CO)cc(C)c1-c1cccc(CNc2ccc(Cn3oc(=O)[n-]c3=O)cc2)c1C.[Na+]. The van der Waals surface area contributed by atoms with Crippen LogP contribution >= 0.6 is 0 Å². The molecule has 0 radical (unpaired) electrons. The maximum absolute atomic E-state index is 11.6. The monoisotopic (exact) mass is 527 g/mol. The first-order valence-corrected chi connectivity index (χ1v) is 11.9. The first-order chi connectivity index (χ1) is 17.7. The third-order valence-corrected chi connectivity index (χ3v) is 6.23. The number of hydrogen-bond acceptors (Lipinski definition) is 7. The second-order valence-corrected chi connectivity index (χ2v) is 9.01. The summed E-state index contributed by atoms with van der Waals surface area (Å²) >= 11 is 0. The predicted octanol–water partition coefficient (Wildman–Crippen LogP) is -0.253. The van der Waals surface area contributed by atoms with Crippen molar-refractivity contribution in [1.82, 2.24) is 9.72 Å². The van der Waals surface area contributed by atoms with Crippen LogP contribution in [0.2, 0.25) is 0 Å². The summed E-state index contributed by atoms with van der Waals surface area (Å²) in [6, 6.07) is 17.7. The van der Waals surface area contributed by atoms with Crippen LogP contribution in [0.4, 0.5) is 5.69 Å². The molecule has 1 aromatic heterocycles. The van der Waals surface area contributed by atoms with Crippen molar-refractivity contribution in [2.45, 2.75) is 40.0 Å². The van der Waals surface area contributed by atoms with Crippen molar-refractivity contribution in [1.29, 1.82) is 0 Å². The first-order valence-electron chi connectivity index (χ1n) is 11.9. The van der Waals surface area contributed by atoms with Crippen molar-refractivity contribution in [3.05, 3.63) is 103 Å². The zero-order valence-corrected chi connectivity index (χ0v) is 24.0. The summed E-state index contributed by atoms with van der Waals surface area (Å²) in [7, 11) is 0. The molecule has 0 fully saturated rings. The van der Waals surface area contributed by atoms with Crippen molar-refractivity contribution in [3.63, 3.8) is 0 Å².